The van der Waals surface area contributed by atoms with Crippen molar-refractivity contribution in [2.75, 3.05) is 32.7 Å². The number of hydrogen-bond donors (Lipinski definition) is 1. The molecule has 2 unspecified atom stereocenters. The zero-order chi connectivity index (χ0) is 15.3. The van der Waals surface area contributed by atoms with Crippen LogP contribution in [0.5, 0.6) is 0 Å². The lowest BCUT2D eigenvalue weighted by Crippen LogP contribution is -2.43. The lowest BCUT2D eigenvalue weighted by atomic mass is 9.81. The molecule has 0 aromatic heterocycles. The molecule has 6 heteroatoms. The van der Waals surface area contributed by atoms with Crippen LogP contribution in [0.3, 0.4) is 0 Å². The van der Waals surface area contributed by atoms with Crippen molar-refractivity contribution in [3.05, 3.63) is 0 Å². The van der Waals surface area contributed by atoms with Gasteiger partial charge in [0.05, 0.1) is 11.8 Å². The highest BCUT2D eigenvalue weighted by molar-refractivity contribution is 6.07. The summed E-state index contributed by atoms with van der Waals surface area (Å²) in [6.45, 7) is 3.43. The smallest absolute Gasteiger partial charge is 0.242 e. The normalized spacial score (nSPS) is 37.6. The molecule has 4 rings (SSSR count). The lowest BCUT2D eigenvalue weighted by molar-refractivity contribution is -0.146. The lowest BCUT2D eigenvalue weighted by Gasteiger charge is -2.21. The maximum atomic E-state index is 12.5. The zero-order valence-corrected chi connectivity index (χ0v) is 12.8. The maximum absolute atomic E-state index is 12.5. The van der Waals surface area contributed by atoms with Gasteiger partial charge in [-0.15, -0.1) is 0 Å². The largest absolute Gasteiger partial charge is 0.340 e. The van der Waals surface area contributed by atoms with Crippen molar-refractivity contribution in [2.45, 2.75) is 25.7 Å². The second-order valence-electron chi connectivity index (χ2n) is 7.24. The van der Waals surface area contributed by atoms with Crippen molar-refractivity contribution in [3.8, 4) is 0 Å². The molecule has 6 nitrogen and oxygen atoms in total. The third-order valence-electron chi connectivity index (χ3n) is 5.97. The Balaban J connectivity index is 1.41. The quantitative estimate of drug-likeness (QED) is 0.720. The third kappa shape index (κ3) is 2.16. The molecule has 0 radical (unpaired) electrons. The summed E-state index contributed by atoms with van der Waals surface area (Å²) in [5, 5.41) is 3.35. The summed E-state index contributed by atoms with van der Waals surface area (Å²) in [7, 11) is 0. The van der Waals surface area contributed by atoms with Crippen LogP contribution in [0, 0.1) is 23.7 Å². The molecule has 1 N–H and O–H groups in total. The van der Waals surface area contributed by atoms with Crippen molar-refractivity contribution in [3.63, 3.8) is 0 Å². The maximum Gasteiger partial charge on any atom is 0.242 e. The molecule has 3 saturated heterocycles. The van der Waals surface area contributed by atoms with Gasteiger partial charge in [0.25, 0.3) is 0 Å². The Morgan fingerprint density at radius 2 is 1.55 bits per heavy atom. The number of likely N-dealkylation sites (tertiary alicyclic amines) is 2. The van der Waals surface area contributed by atoms with Crippen LogP contribution in [0.4, 0.5) is 0 Å². The number of carbonyl (C=O) groups is 3. The highest BCUT2D eigenvalue weighted by atomic mass is 16.2. The van der Waals surface area contributed by atoms with E-state index in [2.05, 4.69) is 5.32 Å². The van der Waals surface area contributed by atoms with E-state index in [0.29, 0.717) is 11.8 Å². The van der Waals surface area contributed by atoms with E-state index in [4.69, 9.17) is 0 Å². The number of rotatable bonds is 2. The van der Waals surface area contributed by atoms with Crippen molar-refractivity contribution in [1.82, 2.24) is 15.1 Å². The fourth-order valence-corrected chi connectivity index (χ4v) is 4.68. The van der Waals surface area contributed by atoms with Crippen LogP contribution < -0.4 is 5.32 Å². The molecule has 0 bridgehead atoms. The van der Waals surface area contributed by atoms with E-state index in [-0.39, 0.29) is 36.1 Å². The third-order valence-corrected chi connectivity index (χ3v) is 5.97. The fraction of sp³-hybridized carbons (Fsp3) is 0.812. The highest BCUT2D eigenvalue weighted by Gasteiger charge is 2.49. The topological polar surface area (TPSA) is 69.7 Å². The molecule has 3 amide bonds. The van der Waals surface area contributed by atoms with E-state index >= 15 is 0 Å². The predicted molar refractivity (Wildman–Crippen MR) is 78.6 cm³/mol. The number of nitrogens with zero attached hydrogens (tertiary/aromatic N) is 2. The molecule has 4 atom stereocenters. The van der Waals surface area contributed by atoms with Crippen molar-refractivity contribution >= 4 is 17.7 Å². The number of carbonyl (C=O) groups excluding carboxylic acids is 3. The Labute approximate surface area is 130 Å². The molecule has 22 heavy (non-hydrogen) atoms. The fourth-order valence-electron chi connectivity index (χ4n) is 4.68. The minimum atomic E-state index is -0.156. The molecule has 0 aromatic carbocycles. The van der Waals surface area contributed by atoms with Gasteiger partial charge in [0.15, 0.2) is 0 Å². The monoisotopic (exact) mass is 305 g/mol. The molecule has 4 fully saturated rings. The van der Waals surface area contributed by atoms with Gasteiger partial charge in [-0.1, -0.05) is 12.8 Å². The van der Waals surface area contributed by atoms with Gasteiger partial charge in [-0.3, -0.25) is 19.3 Å². The van der Waals surface area contributed by atoms with E-state index in [1.165, 1.54) is 4.90 Å². The summed E-state index contributed by atoms with van der Waals surface area (Å²) >= 11 is 0. The number of hydrogen-bond acceptors (Lipinski definition) is 4. The summed E-state index contributed by atoms with van der Waals surface area (Å²) in [5.41, 5.74) is 0. The summed E-state index contributed by atoms with van der Waals surface area (Å²) in [6.07, 6.45) is 3.65. The molecular weight excluding hydrogens is 282 g/mol. The van der Waals surface area contributed by atoms with Crippen LogP contribution in [0.25, 0.3) is 0 Å². The minimum absolute atomic E-state index is 0.0441. The van der Waals surface area contributed by atoms with Crippen LogP contribution in [0.1, 0.15) is 25.7 Å². The Kier molecular flexibility index (Phi) is 3.44. The second-order valence-corrected chi connectivity index (χ2v) is 7.24. The molecule has 1 aliphatic carbocycles. The van der Waals surface area contributed by atoms with Crippen molar-refractivity contribution in [1.29, 1.82) is 0 Å². The van der Waals surface area contributed by atoms with Crippen LogP contribution in [-0.4, -0.2) is 60.2 Å². The Hall–Kier alpha value is -1.43. The van der Waals surface area contributed by atoms with E-state index in [1.807, 2.05) is 4.90 Å². The number of amides is 3. The molecule has 0 spiro atoms. The van der Waals surface area contributed by atoms with Crippen LogP contribution in [0.15, 0.2) is 0 Å². The first-order valence-electron chi connectivity index (χ1n) is 8.49. The predicted octanol–water partition coefficient (Wildman–Crippen LogP) is -0.161. The van der Waals surface area contributed by atoms with Crippen LogP contribution >= 0.6 is 0 Å². The molecule has 3 aliphatic heterocycles. The van der Waals surface area contributed by atoms with Gasteiger partial charge in [-0.25, -0.2) is 0 Å². The van der Waals surface area contributed by atoms with Gasteiger partial charge in [0.2, 0.25) is 17.7 Å². The van der Waals surface area contributed by atoms with Gasteiger partial charge in [0.1, 0.15) is 6.54 Å². The Morgan fingerprint density at radius 3 is 2.09 bits per heavy atom. The number of nitrogens with one attached hydrogen (secondary N) is 1. The first-order valence-corrected chi connectivity index (χ1v) is 8.49. The summed E-state index contributed by atoms with van der Waals surface area (Å²) in [4.78, 5) is 40.4. The SMILES string of the molecule is O=C(CN1C(=O)C2CCCCC2C1=O)N1C[C@H]2CNC[C@H]2C1. The summed E-state index contributed by atoms with van der Waals surface area (Å²) in [6, 6.07) is 0. The average Bonchev–Trinajstić information content (AvgIpc) is 3.17. The molecule has 0 aromatic rings. The van der Waals surface area contributed by atoms with Gasteiger partial charge < -0.3 is 10.2 Å². The van der Waals surface area contributed by atoms with Gasteiger partial charge in [-0.05, 0) is 24.7 Å². The van der Waals surface area contributed by atoms with Crippen molar-refractivity contribution in [2.24, 2.45) is 23.7 Å². The van der Waals surface area contributed by atoms with Gasteiger partial charge in [0, 0.05) is 26.2 Å². The molecule has 120 valence electrons. The van der Waals surface area contributed by atoms with Crippen molar-refractivity contribution < 1.29 is 14.4 Å². The van der Waals surface area contributed by atoms with E-state index in [1.54, 1.807) is 0 Å². The Morgan fingerprint density at radius 1 is 1.00 bits per heavy atom. The first kappa shape index (κ1) is 14.2. The highest BCUT2D eigenvalue weighted by Crippen LogP contribution is 2.38. The average molecular weight is 305 g/mol. The van der Waals surface area contributed by atoms with Crippen LogP contribution in [0.2, 0.25) is 0 Å². The second kappa shape index (κ2) is 5.33. The van der Waals surface area contributed by atoms with E-state index in [0.717, 1.165) is 51.9 Å². The summed E-state index contributed by atoms with van der Waals surface area (Å²) < 4.78 is 0. The summed E-state index contributed by atoms with van der Waals surface area (Å²) in [5.74, 6) is 0.489. The Bertz CT molecular complexity index is 485. The van der Waals surface area contributed by atoms with Gasteiger partial charge in [-0.2, -0.15) is 0 Å². The molecular formula is C16H23N3O3. The standard InChI is InChI=1S/C16H23N3O3/c20-14(18-7-10-5-17-6-11(10)8-18)9-19-15(21)12-3-1-2-4-13(12)16(19)22/h10-13,17H,1-9H2/t10-,11+,12?,13?. The molecule has 3 heterocycles. The van der Waals surface area contributed by atoms with E-state index < -0.39 is 0 Å². The van der Waals surface area contributed by atoms with Crippen LogP contribution in [-0.2, 0) is 14.4 Å². The van der Waals surface area contributed by atoms with E-state index in [9.17, 15) is 14.4 Å². The molecule has 1 saturated carbocycles. The number of fused-ring (bicyclic) bond motifs is 2. The zero-order valence-electron chi connectivity index (χ0n) is 12.8. The minimum Gasteiger partial charge on any atom is -0.340 e. The van der Waals surface area contributed by atoms with Gasteiger partial charge >= 0.3 is 0 Å². The first-order chi connectivity index (χ1) is 10.6. The number of imide groups is 1. The molecule has 4 aliphatic rings.